The number of carbonyl (C=O) groups is 1. The Morgan fingerprint density at radius 2 is 1.88 bits per heavy atom. The summed E-state index contributed by atoms with van der Waals surface area (Å²) in [5.41, 5.74) is 0.781. The van der Waals surface area contributed by atoms with Crippen molar-refractivity contribution in [1.82, 2.24) is 4.90 Å². The highest BCUT2D eigenvalue weighted by molar-refractivity contribution is 5.95. The van der Waals surface area contributed by atoms with Crippen LogP contribution in [0.25, 0.3) is 0 Å². The molecule has 1 fully saturated rings. The summed E-state index contributed by atoms with van der Waals surface area (Å²) in [6.07, 6.45) is 9.38. The third kappa shape index (κ3) is 3.55. The zero-order valence-electron chi connectivity index (χ0n) is 16.6. The quantitative estimate of drug-likeness (QED) is 0.718. The number of methoxy groups -OCH3 is 1. The first kappa shape index (κ1) is 19.1. The summed E-state index contributed by atoms with van der Waals surface area (Å²) in [4.78, 5) is 15.8. The van der Waals surface area contributed by atoms with Gasteiger partial charge in [0, 0.05) is 29.0 Å². The summed E-state index contributed by atoms with van der Waals surface area (Å²) in [5.74, 6) is 1.79. The second kappa shape index (κ2) is 6.93. The van der Waals surface area contributed by atoms with Crippen LogP contribution in [0.15, 0.2) is 23.5 Å². The molecule has 1 aliphatic carbocycles. The number of piperidine rings is 1. The number of nitrogens with zero attached hydrogens (tertiary/aromatic N) is 1. The van der Waals surface area contributed by atoms with Crippen molar-refractivity contribution in [3.05, 3.63) is 23.5 Å². The van der Waals surface area contributed by atoms with Crippen LogP contribution in [0, 0.1) is 11.8 Å². The molecular weight excluding hydrogens is 298 g/mol. The minimum atomic E-state index is -0.0923. The van der Waals surface area contributed by atoms with E-state index in [1.54, 1.807) is 7.11 Å². The largest absolute Gasteiger partial charge is 0.501 e. The molecule has 1 amide bonds. The third-order valence-corrected chi connectivity index (χ3v) is 6.00. The topological polar surface area (TPSA) is 29.5 Å². The summed E-state index contributed by atoms with van der Waals surface area (Å²) in [6.45, 7) is 13.3. The average molecular weight is 334 g/mol. The highest BCUT2D eigenvalue weighted by Crippen LogP contribution is 2.41. The fourth-order valence-electron chi connectivity index (χ4n) is 4.49. The smallest absolute Gasteiger partial charge is 0.250 e. The van der Waals surface area contributed by atoms with Crippen molar-refractivity contribution >= 4 is 5.91 Å². The van der Waals surface area contributed by atoms with Crippen molar-refractivity contribution in [2.75, 3.05) is 7.11 Å². The lowest BCUT2D eigenvalue weighted by Gasteiger charge is -2.53. The monoisotopic (exact) mass is 333 g/mol. The van der Waals surface area contributed by atoms with E-state index in [0.29, 0.717) is 5.92 Å². The SMILES string of the molecule is CCC(C)C1C=C(OC)CC=C1C(=O)N1C(C)(C)CCCC1(C)C. The summed E-state index contributed by atoms with van der Waals surface area (Å²) in [7, 11) is 1.72. The van der Waals surface area contributed by atoms with Crippen LogP contribution in [0.4, 0.5) is 0 Å². The normalized spacial score (nSPS) is 27.1. The molecule has 2 aliphatic rings. The van der Waals surface area contributed by atoms with Crippen LogP contribution in [0.1, 0.15) is 73.6 Å². The first-order valence-electron chi connectivity index (χ1n) is 9.43. The molecule has 2 unspecified atom stereocenters. The number of amides is 1. The number of rotatable bonds is 4. The zero-order chi connectivity index (χ0) is 18.1. The molecule has 0 aromatic carbocycles. The maximum Gasteiger partial charge on any atom is 0.250 e. The Labute approximate surface area is 148 Å². The number of ether oxygens (including phenoxy) is 1. The molecule has 1 aliphatic heterocycles. The second-order valence-corrected chi connectivity index (χ2v) is 8.73. The summed E-state index contributed by atoms with van der Waals surface area (Å²) < 4.78 is 5.46. The highest BCUT2D eigenvalue weighted by atomic mass is 16.5. The van der Waals surface area contributed by atoms with E-state index in [2.05, 4.69) is 58.6 Å². The first-order valence-corrected chi connectivity index (χ1v) is 9.43. The number of likely N-dealkylation sites (tertiary alicyclic amines) is 1. The maximum atomic E-state index is 13.6. The molecule has 0 aromatic rings. The highest BCUT2D eigenvalue weighted by Gasteiger charge is 2.46. The molecular formula is C21H35NO2. The lowest BCUT2D eigenvalue weighted by molar-refractivity contribution is -0.145. The summed E-state index contributed by atoms with van der Waals surface area (Å²) in [5, 5.41) is 0. The van der Waals surface area contributed by atoms with E-state index < -0.39 is 0 Å². The molecule has 0 spiro atoms. The minimum Gasteiger partial charge on any atom is -0.501 e. The predicted octanol–water partition coefficient (Wildman–Crippen LogP) is 5.08. The van der Waals surface area contributed by atoms with Crippen molar-refractivity contribution in [3.63, 3.8) is 0 Å². The van der Waals surface area contributed by atoms with Crippen molar-refractivity contribution in [2.24, 2.45) is 11.8 Å². The zero-order valence-corrected chi connectivity index (χ0v) is 16.6. The standard InChI is InChI=1S/C21H35NO2/c1-8-15(2)18-14-16(24-7)10-11-17(18)19(23)22-20(3,4)12-9-13-21(22,5)6/h11,14-15,18H,8-10,12-13H2,1-7H3. The maximum absolute atomic E-state index is 13.6. The van der Waals surface area contributed by atoms with Gasteiger partial charge in [0.1, 0.15) is 0 Å². The van der Waals surface area contributed by atoms with Crippen LogP contribution in [0.2, 0.25) is 0 Å². The summed E-state index contributed by atoms with van der Waals surface area (Å²) in [6, 6.07) is 0. The van der Waals surface area contributed by atoms with Gasteiger partial charge in [-0.05, 0) is 59.0 Å². The first-order chi connectivity index (χ1) is 11.1. The van der Waals surface area contributed by atoms with Crippen LogP contribution < -0.4 is 0 Å². The Bertz CT molecular complexity index is 526. The molecule has 3 nitrogen and oxygen atoms in total. The molecule has 0 N–H and O–H groups in total. The average Bonchev–Trinajstić information content (AvgIpc) is 2.51. The van der Waals surface area contributed by atoms with Gasteiger partial charge in [0.2, 0.25) is 0 Å². The van der Waals surface area contributed by atoms with E-state index in [-0.39, 0.29) is 22.9 Å². The Kier molecular flexibility index (Phi) is 5.51. The van der Waals surface area contributed by atoms with Crippen LogP contribution >= 0.6 is 0 Å². The Balaban J connectivity index is 2.37. The van der Waals surface area contributed by atoms with Crippen LogP contribution in [-0.2, 0) is 9.53 Å². The molecule has 24 heavy (non-hydrogen) atoms. The van der Waals surface area contributed by atoms with Crippen molar-refractivity contribution in [1.29, 1.82) is 0 Å². The summed E-state index contributed by atoms with van der Waals surface area (Å²) >= 11 is 0. The van der Waals surface area contributed by atoms with Gasteiger partial charge in [-0.2, -0.15) is 0 Å². The van der Waals surface area contributed by atoms with Crippen LogP contribution in [0.5, 0.6) is 0 Å². The van der Waals surface area contributed by atoms with Gasteiger partial charge < -0.3 is 9.64 Å². The third-order valence-electron chi connectivity index (χ3n) is 6.00. The number of carbonyl (C=O) groups excluding carboxylic acids is 1. The predicted molar refractivity (Wildman–Crippen MR) is 99.6 cm³/mol. The molecule has 3 heteroatoms. The van der Waals surface area contributed by atoms with Gasteiger partial charge in [0.25, 0.3) is 5.91 Å². The van der Waals surface area contributed by atoms with Gasteiger partial charge in [-0.3, -0.25) is 4.79 Å². The number of hydrogen-bond acceptors (Lipinski definition) is 2. The second-order valence-electron chi connectivity index (χ2n) is 8.73. The Hall–Kier alpha value is -1.25. The minimum absolute atomic E-state index is 0.0923. The van der Waals surface area contributed by atoms with Gasteiger partial charge >= 0.3 is 0 Å². The fraction of sp³-hybridized carbons (Fsp3) is 0.762. The van der Waals surface area contributed by atoms with Gasteiger partial charge in [-0.25, -0.2) is 0 Å². The van der Waals surface area contributed by atoms with Crippen LogP contribution in [0.3, 0.4) is 0 Å². The molecule has 0 bridgehead atoms. The molecule has 2 atom stereocenters. The van der Waals surface area contributed by atoms with Gasteiger partial charge in [-0.15, -0.1) is 0 Å². The lowest BCUT2D eigenvalue weighted by atomic mass is 9.76. The molecule has 0 radical (unpaired) electrons. The van der Waals surface area contributed by atoms with E-state index in [4.69, 9.17) is 4.74 Å². The van der Waals surface area contributed by atoms with Gasteiger partial charge in [0.15, 0.2) is 0 Å². The van der Waals surface area contributed by atoms with E-state index in [1.165, 1.54) is 6.42 Å². The Morgan fingerprint density at radius 1 is 1.29 bits per heavy atom. The van der Waals surface area contributed by atoms with Crippen molar-refractivity contribution in [3.8, 4) is 0 Å². The van der Waals surface area contributed by atoms with Crippen molar-refractivity contribution < 1.29 is 9.53 Å². The van der Waals surface area contributed by atoms with E-state index >= 15 is 0 Å². The van der Waals surface area contributed by atoms with E-state index in [1.807, 2.05) is 0 Å². The molecule has 2 rings (SSSR count). The van der Waals surface area contributed by atoms with Gasteiger partial charge in [-0.1, -0.05) is 26.3 Å². The molecule has 1 saturated heterocycles. The van der Waals surface area contributed by atoms with Crippen molar-refractivity contribution in [2.45, 2.75) is 84.7 Å². The van der Waals surface area contributed by atoms with E-state index in [9.17, 15) is 4.79 Å². The van der Waals surface area contributed by atoms with Gasteiger partial charge in [0.05, 0.1) is 12.9 Å². The molecule has 0 saturated carbocycles. The molecule has 136 valence electrons. The Morgan fingerprint density at radius 3 is 2.38 bits per heavy atom. The fourth-order valence-corrected chi connectivity index (χ4v) is 4.49. The number of allylic oxidation sites excluding steroid dienone is 2. The molecule has 0 aromatic heterocycles. The lowest BCUT2D eigenvalue weighted by Crippen LogP contribution is -2.61. The number of hydrogen-bond donors (Lipinski definition) is 0. The van der Waals surface area contributed by atoms with E-state index in [0.717, 1.165) is 37.0 Å². The van der Waals surface area contributed by atoms with Crippen LogP contribution in [-0.4, -0.2) is 29.0 Å². The molecule has 1 heterocycles.